The van der Waals surface area contributed by atoms with Crippen LogP contribution in [0.1, 0.15) is 74.1 Å². The molecule has 1 spiro atoms. The summed E-state index contributed by atoms with van der Waals surface area (Å²) in [6.07, 6.45) is 2.22. The molecule has 5 heterocycles. The van der Waals surface area contributed by atoms with Crippen molar-refractivity contribution in [2.45, 2.75) is 94.8 Å². The number of anilines is 3. The van der Waals surface area contributed by atoms with Crippen LogP contribution in [-0.4, -0.2) is 83.5 Å². The van der Waals surface area contributed by atoms with Crippen molar-refractivity contribution in [2.75, 3.05) is 28.1 Å². The summed E-state index contributed by atoms with van der Waals surface area (Å²) in [5, 5.41) is 22.5. The first-order valence-corrected chi connectivity index (χ1v) is 24.7. The quantitative estimate of drug-likeness (QED) is 0.174. The third kappa shape index (κ3) is 7.38. The smallest absolute Gasteiger partial charge is 0.264 e. The highest BCUT2D eigenvalue weighted by Crippen LogP contribution is 2.60. The molecule has 0 saturated carbocycles. The van der Waals surface area contributed by atoms with Gasteiger partial charge in [-0.2, -0.15) is 10.2 Å². The van der Waals surface area contributed by atoms with Gasteiger partial charge in [0.25, 0.3) is 5.91 Å². The zero-order valence-corrected chi connectivity index (χ0v) is 36.3. The average Bonchev–Trinajstić information content (AvgIpc) is 3.94. The minimum Gasteiger partial charge on any atom is -0.432 e. The number of fused-ring (bicyclic) bond motifs is 2. The summed E-state index contributed by atoms with van der Waals surface area (Å²) in [7, 11) is -3.14. The van der Waals surface area contributed by atoms with E-state index in [0.717, 1.165) is 34.5 Å². The van der Waals surface area contributed by atoms with Gasteiger partial charge in [0, 0.05) is 49.3 Å². The molecule has 320 valence electrons. The molecule has 9 rings (SSSR count). The zero-order chi connectivity index (χ0) is 43.3. The van der Waals surface area contributed by atoms with Crippen molar-refractivity contribution < 1.29 is 33.8 Å². The Bertz CT molecular complexity index is 2470. The summed E-state index contributed by atoms with van der Waals surface area (Å²) in [6, 6.07) is 32.1. The van der Waals surface area contributed by atoms with Gasteiger partial charge in [0.15, 0.2) is 13.9 Å². The molecule has 4 aromatic rings. The number of aliphatic hydroxyl groups excluding tert-OH is 1. The Morgan fingerprint density at radius 3 is 2.02 bits per heavy atom. The molecular formula is C48H52N6O7Si. The van der Waals surface area contributed by atoms with Crippen LogP contribution in [0.2, 0.25) is 18.6 Å². The lowest BCUT2D eigenvalue weighted by atomic mass is 9.82. The summed E-state index contributed by atoms with van der Waals surface area (Å²) in [5.74, 6) is -1.41. The van der Waals surface area contributed by atoms with Crippen LogP contribution < -0.4 is 14.9 Å². The normalized spacial score (nSPS) is 25.1. The lowest BCUT2D eigenvalue weighted by Gasteiger charge is -2.33. The fourth-order valence-electron chi connectivity index (χ4n) is 10.4. The van der Waals surface area contributed by atoms with Crippen molar-refractivity contribution in [3.8, 4) is 0 Å². The number of hydrogen-bond acceptors (Lipinski definition) is 9. The zero-order valence-electron chi connectivity index (χ0n) is 35.3. The Morgan fingerprint density at radius 2 is 1.42 bits per heavy atom. The van der Waals surface area contributed by atoms with Crippen LogP contribution in [0.15, 0.2) is 113 Å². The van der Waals surface area contributed by atoms with Gasteiger partial charge in [-0.3, -0.25) is 19.2 Å². The van der Waals surface area contributed by atoms with Crippen molar-refractivity contribution in [1.82, 2.24) is 4.90 Å². The van der Waals surface area contributed by atoms with Crippen LogP contribution in [0.4, 0.5) is 17.1 Å². The number of aliphatic hydroxyl groups is 1. The number of ether oxygens (including phenoxy) is 1. The van der Waals surface area contributed by atoms with E-state index in [0.29, 0.717) is 54.9 Å². The second kappa shape index (κ2) is 16.5. The van der Waals surface area contributed by atoms with Gasteiger partial charge >= 0.3 is 0 Å². The van der Waals surface area contributed by atoms with Gasteiger partial charge in [-0.05, 0) is 73.0 Å². The number of carbonyl (C=O) groups excluding carboxylic acids is 4. The predicted octanol–water partition coefficient (Wildman–Crippen LogP) is 6.47. The van der Waals surface area contributed by atoms with Crippen LogP contribution >= 0.6 is 0 Å². The molecule has 2 saturated heterocycles. The molecule has 5 aliphatic heterocycles. The van der Waals surface area contributed by atoms with Gasteiger partial charge in [-0.25, -0.2) is 10.0 Å². The molecule has 13 nitrogen and oxygen atoms in total. The van der Waals surface area contributed by atoms with E-state index < -0.39 is 31.5 Å². The van der Waals surface area contributed by atoms with E-state index in [1.807, 2.05) is 117 Å². The molecule has 14 heteroatoms. The van der Waals surface area contributed by atoms with Crippen LogP contribution in [0.25, 0.3) is 0 Å². The maximum absolute atomic E-state index is 15.5. The largest absolute Gasteiger partial charge is 0.432 e. The van der Waals surface area contributed by atoms with Crippen molar-refractivity contribution in [2.24, 2.45) is 16.1 Å². The minimum absolute atomic E-state index is 0.0563. The molecule has 0 aromatic heterocycles. The van der Waals surface area contributed by atoms with Gasteiger partial charge in [-0.15, -0.1) is 0 Å². The number of rotatable bonds is 10. The lowest BCUT2D eigenvalue weighted by molar-refractivity contribution is -0.150. The van der Waals surface area contributed by atoms with Gasteiger partial charge in [0.05, 0.1) is 60.2 Å². The Morgan fingerprint density at radius 1 is 0.806 bits per heavy atom. The summed E-state index contributed by atoms with van der Waals surface area (Å²) in [5.41, 5.74) is 4.22. The Hall–Kier alpha value is -5.80. The third-order valence-electron chi connectivity index (χ3n) is 13.3. The molecule has 62 heavy (non-hydrogen) atoms. The maximum atomic E-state index is 15.5. The van der Waals surface area contributed by atoms with Gasteiger partial charge in [0.1, 0.15) is 0 Å². The third-order valence-corrected chi connectivity index (χ3v) is 15.8. The summed E-state index contributed by atoms with van der Waals surface area (Å²) >= 11 is 0. The van der Waals surface area contributed by atoms with Crippen molar-refractivity contribution >= 4 is 60.4 Å². The Kier molecular flexibility index (Phi) is 11.0. The van der Waals surface area contributed by atoms with Crippen LogP contribution in [-0.2, 0) is 36.1 Å². The molecule has 2 N–H and O–H groups in total. The minimum atomic E-state index is -3.14. The fourth-order valence-corrected chi connectivity index (χ4v) is 12.9. The van der Waals surface area contributed by atoms with Crippen molar-refractivity contribution in [1.29, 1.82) is 0 Å². The standard InChI is InChI=1S/C48H52N6O7Si/c1-31-46(62(2,3)60)42(28-45(58)51-25-11-18-37(51)30-55)61-48(31)38-27-36(54-44(57)24-21-40(50-54)34-15-8-5-9-16-34)19-22-41(38)52(47(48)59)29-32-12-10-17-35(26-32)53-43(56)23-20-39(49-53)33-13-6-4-7-14-33/h4-10,12-17,19,22,26-27,31,37,42,46,55,60H,11,18,20-21,23-25,28-30H2,1-3H3/t31-,37-,42+,46-,48+/m0/s1. The van der Waals surface area contributed by atoms with Crippen molar-refractivity contribution in [3.63, 3.8) is 0 Å². The van der Waals surface area contributed by atoms with E-state index >= 15 is 4.79 Å². The first-order chi connectivity index (χ1) is 29.9. The summed E-state index contributed by atoms with van der Waals surface area (Å²) < 4.78 is 7.08. The van der Waals surface area contributed by atoms with Gasteiger partial charge < -0.3 is 24.4 Å². The van der Waals surface area contributed by atoms with E-state index in [-0.39, 0.29) is 55.7 Å². The van der Waals surface area contributed by atoms with Crippen LogP contribution in [0.5, 0.6) is 0 Å². The lowest BCUT2D eigenvalue weighted by Crippen LogP contribution is -2.46. The fraction of sp³-hybridized carbons (Fsp3) is 0.375. The molecule has 0 bridgehead atoms. The molecule has 0 unspecified atom stereocenters. The number of hydrogen-bond donors (Lipinski definition) is 2. The van der Waals surface area contributed by atoms with E-state index in [1.54, 1.807) is 15.9 Å². The number of benzene rings is 4. The van der Waals surface area contributed by atoms with Crippen molar-refractivity contribution in [3.05, 3.63) is 125 Å². The maximum Gasteiger partial charge on any atom is 0.264 e. The molecular weight excluding hydrogens is 801 g/mol. The van der Waals surface area contributed by atoms with E-state index in [1.165, 1.54) is 10.0 Å². The average molecular weight is 853 g/mol. The van der Waals surface area contributed by atoms with Crippen LogP contribution in [0.3, 0.4) is 0 Å². The topological polar surface area (TPSA) is 156 Å². The number of carbonyl (C=O) groups is 4. The molecule has 0 aliphatic carbocycles. The highest BCUT2D eigenvalue weighted by molar-refractivity contribution is 6.71. The van der Waals surface area contributed by atoms with E-state index in [9.17, 15) is 24.3 Å². The Labute approximate surface area is 362 Å². The van der Waals surface area contributed by atoms with Crippen LogP contribution in [0, 0.1) is 5.92 Å². The van der Waals surface area contributed by atoms with E-state index in [4.69, 9.17) is 14.9 Å². The number of nitrogens with zero attached hydrogens (tertiary/aromatic N) is 6. The molecule has 0 radical (unpaired) electrons. The monoisotopic (exact) mass is 852 g/mol. The second-order valence-corrected chi connectivity index (χ2v) is 21.6. The number of hydrazone groups is 2. The summed E-state index contributed by atoms with van der Waals surface area (Å²) in [6.45, 7) is 6.07. The highest BCUT2D eigenvalue weighted by atomic mass is 28.4. The molecule has 4 amide bonds. The SMILES string of the molecule is C[C@H]1[C@H]([Si](C)(C)O)[C@@H](CC(=O)N2CCC[C@H]2CO)O[C@]12C(=O)N(Cc1cccc(N3N=C(c4ccccc4)CCC3=O)c1)c1ccc(N3N=C(c4ccccc4)CCC3=O)cc12. The molecule has 5 atom stereocenters. The molecule has 2 fully saturated rings. The predicted molar refractivity (Wildman–Crippen MR) is 239 cm³/mol. The van der Waals surface area contributed by atoms with Gasteiger partial charge in [-0.1, -0.05) is 79.7 Å². The Balaban J connectivity index is 1.11. The highest BCUT2D eigenvalue weighted by Gasteiger charge is 2.66. The van der Waals surface area contributed by atoms with E-state index in [2.05, 4.69) is 0 Å². The molecule has 4 aromatic carbocycles. The number of amides is 4. The first-order valence-electron chi connectivity index (χ1n) is 21.6. The number of likely N-dealkylation sites (tertiary alicyclic amines) is 1. The first kappa shape index (κ1) is 41.5. The summed E-state index contributed by atoms with van der Waals surface area (Å²) in [4.78, 5) is 71.8. The van der Waals surface area contributed by atoms with Gasteiger partial charge in [0.2, 0.25) is 17.7 Å². The second-order valence-electron chi connectivity index (χ2n) is 17.6. The molecule has 5 aliphatic rings.